The van der Waals surface area contributed by atoms with Crippen LogP contribution in [0.2, 0.25) is 0 Å². The second kappa shape index (κ2) is 18.9. The molecule has 1 heterocycles. The largest absolute Gasteiger partial charge is 0.480 e. The smallest absolute Gasteiger partial charge is 0.320 e. The van der Waals surface area contributed by atoms with Crippen molar-refractivity contribution in [2.24, 2.45) is 23.3 Å². The first kappa shape index (κ1) is 27.9. The van der Waals surface area contributed by atoms with Crippen molar-refractivity contribution in [1.29, 1.82) is 0 Å². The fraction of sp³-hybridized carbons (Fsp3) is 0.913. The van der Waals surface area contributed by atoms with Gasteiger partial charge in [0.25, 0.3) is 0 Å². The van der Waals surface area contributed by atoms with E-state index in [1.165, 1.54) is 57.8 Å². The average Bonchev–Trinajstić information content (AvgIpc) is 2.88. The van der Waals surface area contributed by atoms with E-state index in [9.17, 15) is 9.59 Å². The van der Waals surface area contributed by atoms with Gasteiger partial charge in [-0.3, -0.25) is 9.59 Å². The molecule has 6 heteroatoms. The number of esters is 1. The Balaban J connectivity index is 0.000000665. The van der Waals surface area contributed by atoms with E-state index in [4.69, 9.17) is 21.3 Å². The number of unbranched alkanes of at least 4 members (excludes halogenated alkanes) is 6. The standard InChI is InChI=1S/C17H32O2.C6H14N2O2/c1-3-5-7-9-10-15-12-13-16(11-8-6-4-2)17(18)19-14-15;7-4-2-1-3-5(8)6(9)10/h15-16H,3-14H2,1-2H3;5H,1-4,7-8H2,(H,9,10)/t;5-/m.0/s1. The third-order valence-electron chi connectivity index (χ3n) is 5.63. The van der Waals surface area contributed by atoms with Gasteiger partial charge in [0.15, 0.2) is 0 Å². The SMILES string of the molecule is CCCCCCC1CCC(CCCCC)C(=O)OC1.NCCCC[C@H](N)C(=O)O. The third-order valence-corrected chi connectivity index (χ3v) is 5.63. The number of aliphatic carboxylic acids is 1. The van der Waals surface area contributed by atoms with E-state index in [1.807, 2.05) is 0 Å². The van der Waals surface area contributed by atoms with Gasteiger partial charge in [-0.15, -0.1) is 0 Å². The summed E-state index contributed by atoms with van der Waals surface area (Å²) in [6, 6.07) is -0.716. The lowest BCUT2D eigenvalue weighted by Gasteiger charge is -2.12. The molecular weight excluding hydrogens is 368 g/mol. The number of cyclic esters (lactones) is 1. The average molecular weight is 415 g/mol. The Morgan fingerprint density at radius 2 is 1.69 bits per heavy atom. The summed E-state index contributed by atoms with van der Waals surface area (Å²) < 4.78 is 5.48. The van der Waals surface area contributed by atoms with Crippen LogP contribution in [0.5, 0.6) is 0 Å². The predicted molar refractivity (Wildman–Crippen MR) is 119 cm³/mol. The summed E-state index contributed by atoms with van der Waals surface area (Å²) in [7, 11) is 0. The summed E-state index contributed by atoms with van der Waals surface area (Å²) in [6.45, 7) is 5.73. The minimum absolute atomic E-state index is 0.0761. The molecule has 0 radical (unpaired) electrons. The van der Waals surface area contributed by atoms with Gasteiger partial charge in [-0.1, -0.05) is 65.2 Å². The lowest BCUT2D eigenvalue weighted by Crippen LogP contribution is -2.29. The van der Waals surface area contributed by atoms with E-state index < -0.39 is 12.0 Å². The second-order valence-corrected chi connectivity index (χ2v) is 8.34. The number of hydrogen-bond donors (Lipinski definition) is 3. The summed E-state index contributed by atoms with van der Waals surface area (Å²) in [6.07, 6.45) is 15.6. The lowest BCUT2D eigenvalue weighted by atomic mass is 9.91. The number of ether oxygens (including phenoxy) is 1. The molecule has 3 atom stereocenters. The predicted octanol–water partition coefficient (Wildman–Crippen LogP) is 4.63. The Kier molecular flexibility index (Phi) is 18.1. The molecule has 0 aromatic carbocycles. The van der Waals surface area contributed by atoms with Gasteiger partial charge in [-0.25, -0.2) is 0 Å². The van der Waals surface area contributed by atoms with Crippen molar-refractivity contribution >= 4 is 11.9 Å². The molecule has 0 bridgehead atoms. The van der Waals surface area contributed by atoms with Crippen LogP contribution in [0.1, 0.15) is 104 Å². The first-order chi connectivity index (χ1) is 14.0. The molecule has 0 aromatic heterocycles. The first-order valence-corrected chi connectivity index (χ1v) is 11.8. The highest BCUT2D eigenvalue weighted by Gasteiger charge is 2.26. The van der Waals surface area contributed by atoms with E-state index in [1.54, 1.807) is 0 Å². The number of carbonyl (C=O) groups excluding carboxylic acids is 1. The van der Waals surface area contributed by atoms with E-state index in [0.717, 1.165) is 25.7 Å². The van der Waals surface area contributed by atoms with Gasteiger partial charge < -0.3 is 21.3 Å². The molecule has 0 aromatic rings. The van der Waals surface area contributed by atoms with Gasteiger partial charge in [-0.2, -0.15) is 0 Å². The maximum atomic E-state index is 11.9. The van der Waals surface area contributed by atoms with Gasteiger partial charge in [0, 0.05) is 0 Å². The molecule has 0 saturated carbocycles. The number of carbonyl (C=O) groups is 2. The summed E-state index contributed by atoms with van der Waals surface area (Å²) >= 11 is 0. The minimum atomic E-state index is -0.933. The maximum Gasteiger partial charge on any atom is 0.320 e. The van der Waals surface area contributed by atoms with Gasteiger partial charge in [0.1, 0.15) is 6.04 Å². The van der Waals surface area contributed by atoms with Gasteiger partial charge in [-0.05, 0) is 51.0 Å². The maximum absolute atomic E-state index is 11.9. The van der Waals surface area contributed by atoms with Crippen LogP contribution in [-0.4, -0.2) is 36.2 Å². The van der Waals surface area contributed by atoms with Crippen LogP contribution in [0.4, 0.5) is 0 Å². The highest BCUT2D eigenvalue weighted by Crippen LogP contribution is 2.27. The fourth-order valence-corrected chi connectivity index (χ4v) is 3.58. The molecule has 2 unspecified atom stereocenters. The van der Waals surface area contributed by atoms with Crippen molar-refractivity contribution in [3.63, 3.8) is 0 Å². The summed E-state index contributed by atoms with van der Waals surface area (Å²) in [5.41, 5.74) is 10.4. The van der Waals surface area contributed by atoms with Crippen LogP contribution >= 0.6 is 0 Å². The summed E-state index contributed by atoms with van der Waals surface area (Å²) in [4.78, 5) is 22.0. The van der Waals surface area contributed by atoms with Gasteiger partial charge >= 0.3 is 11.9 Å². The fourth-order valence-electron chi connectivity index (χ4n) is 3.58. The van der Waals surface area contributed by atoms with Crippen molar-refractivity contribution in [1.82, 2.24) is 0 Å². The monoisotopic (exact) mass is 414 g/mol. The Morgan fingerprint density at radius 1 is 1.03 bits per heavy atom. The molecule has 1 fully saturated rings. The Hall–Kier alpha value is -1.14. The Labute approximate surface area is 178 Å². The second-order valence-electron chi connectivity index (χ2n) is 8.34. The zero-order valence-electron chi connectivity index (χ0n) is 18.9. The molecule has 6 nitrogen and oxygen atoms in total. The number of nitrogens with two attached hydrogens (primary N) is 2. The van der Waals surface area contributed by atoms with Crippen LogP contribution < -0.4 is 11.5 Å². The molecule has 1 aliphatic rings. The first-order valence-electron chi connectivity index (χ1n) is 11.8. The van der Waals surface area contributed by atoms with E-state index in [2.05, 4.69) is 13.8 Å². The van der Waals surface area contributed by atoms with Crippen molar-refractivity contribution in [2.45, 2.75) is 110 Å². The quantitative estimate of drug-likeness (QED) is 0.282. The van der Waals surface area contributed by atoms with Crippen molar-refractivity contribution in [2.75, 3.05) is 13.2 Å². The number of hydrogen-bond acceptors (Lipinski definition) is 5. The molecule has 29 heavy (non-hydrogen) atoms. The molecule has 0 amide bonds. The van der Waals surface area contributed by atoms with Crippen LogP contribution in [0, 0.1) is 11.8 Å². The van der Waals surface area contributed by atoms with E-state index in [0.29, 0.717) is 25.5 Å². The van der Waals surface area contributed by atoms with E-state index >= 15 is 0 Å². The molecule has 1 rings (SSSR count). The summed E-state index contributed by atoms with van der Waals surface area (Å²) in [5, 5.41) is 8.33. The normalized spacial score (nSPS) is 20.2. The highest BCUT2D eigenvalue weighted by molar-refractivity contribution is 5.73. The molecular formula is C23H46N2O4. The Bertz CT molecular complexity index is 418. The van der Waals surface area contributed by atoms with Gasteiger partial charge in [0.2, 0.25) is 0 Å². The third kappa shape index (κ3) is 15.4. The Morgan fingerprint density at radius 3 is 2.31 bits per heavy atom. The van der Waals surface area contributed by atoms with Crippen LogP contribution in [0.15, 0.2) is 0 Å². The van der Waals surface area contributed by atoms with E-state index in [-0.39, 0.29) is 11.9 Å². The molecule has 5 N–H and O–H groups in total. The molecule has 172 valence electrons. The van der Waals surface area contributed by atoms with Crippen LogP contribution in [0.3, 0.4) is 0 Å². The molecule has 0 aliphatic carbocycles. The van der Waals surface area contributed by atoms with Crippen molar-refractivity contribution in [3.8, 4) is 0 Å². The summed E-state index contributed by atoms with van der Waals surface area (Å²) in [5.74, 6) is -0.0478. The molecule has 1 saturated heterocycles. The van der Waals surface area contributed by atoms with Crippen molar-refractivity contribution in [3.05, 3.63) is 0 Å². The lowest BCUT2D eigenvalue weighted by molar-refractivity contribution is -0.148. The highest BCUT2D eigenvalue weighted by atomic mass is 16.5. The van der Waals surface area contributed by atoms with Crippen LogP contribution in [-0.2, 0) is 14.3 Å². The topological polar surface area (TPSA) is 116 Å². The number of carboxylic acids is 1. The zero-order chi connectivity index (χ0) is 21.9. The molecule has 1 aliphatic heterocycles. The zero-order valence-corrected chi connectivity index (χ0v) is 18.9. The number of rotatable bonds is 14. The van der Waals surface area contributed by atoms with Gasteiger partial charge in [0.05, 0.1) is 12.5 Å². The minimum Gasteiger partial charge on any atom is -0.480 e. The van der Waals surface area contributed by atoms with Crippen LogP contribution in [0.25, 0.3) is 0 Å². The molecule has 0 spiro atoms. The van der Waals surface area contributed by atoms with Crippen molar-refractivity contribution < 1.29 is 19.4 Å². The number of carboxylic acid groups (broad SMARTS) is 1.